The number of aromatic hydroxyl groups is 1. The van der Waals surface area contributed by atoms with E-state index in [1.165, 1.54) is 36.8 Å². The second kappa shape index (κ2) is 6.90. The fraction of sp³-hybridized carbons (Fsp3) is 0.0500. The topological polar surface area (TPSA) is 96.3 Å². The lowest BCUT2D eigenvalue weighted by atomic mass is 10.2. The molecule has 2 aromatic heterocycles. The van der Waals surface area contributed by atoms with Gasteiger partial charge in [-0.1, -0.05) is 12.1 Å². The predicted molar refractivity (Wildman–Crippen MR) is 106 cm³/mol. The van der Waals surface area contributed by atoms with Crippen molar-refractivity contribution in [1.29, 1.82) is 0 Å². The molecular formula is C20H16N4O3S. The van der Waals surface area contributed by atoms with Crippen LogP contribution >= 0.6 is 0 Å². The highest BCUT2D eigenvalue weighted by atomic mass is 32.2. The van der Waals surface area contributed by atoms with Gasteiger partial charge in [-0.2, -0.15) is 0 Å². The molecular weight excluding hydrogens is 376 g/mol. The number of benzene rings is 2. The van der Waals surface area contributed by atoms with E-state index in [0.717, 1.165) is 15.1 Å². The van der Waals surface area contributed by atoms with Gasteiger partial charge in [0.25, 0.3) is 10.0 Å². The van der Waals surface area contributed by atoms with Crippen molar-refractivity contribution < 1.29 is 13.5 Å². The summed E-state index contributed by atoms with van der Waals surface area (Å²) in [6.45, 7) is 1.77. The molecule has 0 atom stereocenters. The molecule has 7 nitrogen and oxygen atoms in total. The monoisotopic (exact) mass is 392 g/mol. The molecule has 1 N–H and O–H groups in total. The molecule has 0 aliphatic carbocycles. The van der Waals surface area contributed by atoms with Gasteiger partial charge in [-0.3, -0.25) is 4.98 Å². The van der Waals surface area contributed by atoms with Gasteiger partial charge in [-0.15, -0.1) is 0 Å². The average molecular weight is 392 g/mol. The molecule has 140 valence electrons. The first-order valence-corrected chi connectivity index (χ1v) is 9.85. The molecule has 8 heteroatoms. The summed E-state index contributed by atoms with van der Waals surface area (Å²) in [6.07, 6.45) is 6.03. The fourth-order valence-corrected chi connectivity index (χ4v) is 4.46. The maximum Gasteiger partial charge on any atom is 0.269 e. The molecule has 0 amide bonds. The Kier molecular flexibility index (Phi) is 4.40. The molecule has 0 aliphatic rings. The van der Waals surface area contributed by atoms with E-state index in [0.29, 0.717) is 11.3 Å². The SMILES string of the molecule is Cc1ccc(O)cc1N(c1ccncn1)S(=O)(=O)c1ccc2cnccc2c1. The number of hydrogen-bond acceptors (Lipinski definition) is 6. The Bertz CT molecular complexity index is 1260. The summed E-state index contributed by atoms with van der Waals surface area (Å²) < 4.78 is 28.3. The second-order valence-electron chi connectivity index (χ2n) is 6.19. The zero-order chi connectivity index (χ0) is 19.7. The molecule has 28 heavy (non-hydrogen) atoms. The highest BCUT2D eigenvalue weighted by molar-refractivity contribution is 7.93. The number of aromatic nitrogens is 3. The van der Waals surface area contributed by atoms with Crippen LogP contribution in [0.3, 0.4) is 0 Å². The van der Waals surface area contributed by atoms with E-state index in [2.05, 4.69) is 15.0 Å². The molecule has 0 aliphatic heterocycles. The molecule has 0 fully saturated rings. The second-order valence-corrected chi connectivity index (χ2v) is 7.98. The highest BCUT2D eigenvalue weighted by Crippen LogP contribution is 2.35. The van der Waals surface area contributed by atoms with E-state index < -0.39 is 10.0 Å². The average Bonchev–Trinajstić information content (AvgIpc) is 2.71. The number of phenolic OH excluding ortho intramolecular Hbond substituents is 1. The number of hydrogen-bond donors (Lipinski definition) is 1. The van der Waals surface area contributed by atoms with Gasteiger partial charge < -0.3 is 5.11 Å². The summed E-state index contributed by atoms with van der Waals surface area (Å²) in [5, 5.41) is 11.5. The Morgan fingerprint density at radius 2 is 1.75 bits per heavy atom. The number of pyridine rings is 1. The molecule has 0 saturated carbocycles. The lowest BCUT2D eigenvalue weighted by molar-refractivity contribution is 0.475. The van der Waals surface area contributed by atoms with E-state index in [9.17, 15) is 13.5 Å². The zero-order valence-electron chi connectivity index (χ0n) is 14.9. The normalized spacial score (nSPS) is 11.5. The number of sulfonamides is 1. The molecule has 0 bridgehead atoms. The van der Waals surface area contributed by atoms with Crippen LogP contribution in [-0.4, -0.2) is 28.5 Å². The first kappa shape index (κ1) is 17.9. The maximum atomic E-state index is 13.6. The quantitative estimate of drug-likeness (QED) is 0.570. The first-order valence-electron chi connectivity index (χ1n) is 8.41. The smallest absolute Gasteiger partial charge is 0.269 e. The van der Waals surface area contributed by atoms with E-state index in [4.69, 9.17) is 0 Å². The van der Waals surface area contributed by atoms with Crippen molar-refractivity contribution in [2.24, 2.45) is 0 Å². The summed E-state index contributed by atoms with van der Waals surface area (Å²) in [6, 6.07) is 12.7. The summed E-state index contributed by atoms with van der Waals surface area (Å²) in [5.74, 6) is 0.137. The van der Waals surface area contributed by atoms with E-state index in [1.54, 1.807) is 43.6 Å². The van der Waals surface area contributed by atoms with Crippen LogP contribution in [0.25, 0.3) is 10.8 Å². The van der Waals surface area contributed by atoms with Crippen LogP contribution in [0.5, 0.6) is 5.75 Å². The number of aryl methyl sites for hydroxylation is 1. The lowest BCUT2D eigenvalue weighted by Crippen LogP contribution is -2.27. The number of rotatable bonds is 4. The van der Waals surface area contributed by atoms with Crippen LogP contribution in [0.4, 0.5) is 11.5 Å². The minimum atomic E-state index is -4.03. The van der Waals surface area contributed by atoms with Crippen LogP contribution in [0.15, 0.2) is 78.3 Å². The Morgan fingerprint density at radius 3 is 2.54 bits per heavy atom. The largest absolute Gasteiger partial charge is 0.508 e. The standard InChI is InChI=1S/C20H16N4O3S/c1-14-2-4-17(25)11-19(14)24(20-7-9-22-13-23-20)28(26,27)18-5-3-16-12-21-8-6-15(16)10-18/h2-13,25H,1H3. The van der Waals surface area contributed by atoms with E-state index >= 15 is 0 Å². The van der Waals surface area contributed by atoms with E-state index in [-0.39, 0.29) is 16.5 Å². The maximum absolute atomic E-state index is 13.6. The van der Waals surface area contributed by atoms with Crippen molar-refractivity contribution >= 4 is 32.3 Å². The number of anilines is 2. The number of fused-ring (bicyclic) bond motifs is 1. The Hall–Kier alpha value is -3.52. The van der Waals surface area contributed by atoms with Gasteiger partial charge in [0.05, 0.1) is 10.6 Å². The Balaban J connectivity index is 1.95. The summed E-state index contributed by atoms with van der Waals surface area (Å²) >= 11 is 0. The van der Waals surface area contributed by atoms with Crippen molar-refractivity contribution in [3.05, 3.63) is 79.0 Å². The third-order valence-corrected chi connectivity index (χ3v) is 6.05. The molecule has 4 rings (SSSR count). The molecule has 4 aromatic rings. The molecule has 2 heterocycles. The zero-order valence-corrected chi connectivity index (χ0v) is 15.7. The van der Waals surface area contributed by atoms with Crippen molar-refractivity contribution in [2.45, 2.75) is 11.8 Å². The van der Waals surface area contributed by atoms with E-state index in [1.807, 2.05) is 0 Å². The molecule has 0 radical (unpaired) electrons. The Morgan fingerprint density at radius 1 is 0.929 bits per heavy atom. The van der Waals surface area contributed by atoms with Gasteiger partial charge in [0.15, 0.2) is 5.82 Å². The molecule has 0 saturated heterocycles. The van der Waals surface area contributed by atoms with Gasteiger partial charge >= 0.3 is 0 Å². The third-order valence-electron chi connectivity index (χ3n) is 4.34. The lowest BCUT2D eigenvalue weighted by Gasteiger charge is -2.25. The first-order chi connectivity index (χ1) is 13.5. The predicted octanol–water partition coefficient (Wildman–Crippen LogP) is 3.57. The van der Waals surface area contributed by atoms with Gasteiger partial charge in [-0.05, 0) is 42.1 Å². The van der Waals surface area contributed by atoms with Crippen molar-refractivity contribution in [3.63, 3.8) is 0 Å². The fourth-order valence-electron chi connectivity index (χ4n) is 2.92. The van der Waals surface area contributed by atoms with Crippen LogP contribution in [0.1, 0.15) is 5.56 Å². The van der Waals surface area contributed by atoms with Crippen molar-refractivity contribution in [1.82, 2.24) is 15.0 Å². The molecule has 0 unspecified atom stereocenters. The molecule has 2 aromatic carbocycles. The van der Waals surface area contributed by atoms with Gasteiger partial charge in [0.1, 0.15) is 12.1 Å². The van der Waals surface area contributed by atoms with Gasteiger partial charge in [-0.25, -0.2) is 22.7 Å². The van der Waals surface area contributed by atoms with Crippen LogP contribution in [0, 0.1) is 6.92 Å². The highest BCUT2D eigenvalue weighted by Gasteiger charge is 2.29. The van der Waals surface area contributed by atoms with Crippen molar-refractivity contribution in [2.75, 3.05) is 4.31 Å². The summed E-state index contributed by atoms with van der Waals surface area (Å²) in [4.78, 5) is 12.1. The number of phenols is 1. The summed E-state index contributed by atoms with van der Waals surface area (Å²) in [7, 11) is -4.03. The Labute approximate surface area is 162 Å². The van der Waals surface area contributed by atoms with Crippen LogP contribution in [0.2, 0.25) is 0 Å². The third kappa shape index (κ3) is 3.14. The van der Waals surface area contributed by atoms with Crippen LogP contribution < -0.4 is 4.31 Å². The van der Waals surface area contributed by atoms with Gasteiger partial charge in [0, 0.05) is 36.1 Å². The minimum absolute atomic E-state index is 0.0422. The molecule has 0 spiro atoms. The van der Waals surface area contributed by atoms with Crippen molar-refractivity contribution in [3.8, 4) is 5.75 Å². The van der Waals surface area contributed by atoms with Crippen LogP contribution in [-0.2, 0) is 10.0 Å². The van der Waals surface area contributed by atoms with Gasteiger partial charge in [0.2, 0.25) is 0 Å². The summed E-state index contributed by atoms with van der Waals surface area (Å²) in [5.41, 5.74) is 0.985. The minimum Gasteiger partial charge on any atom is -0.508 e. The number of nitrogens with zero attached hydrogens (tertiary/aromatic N) is 4.